The average molecular weight is 445 g/mol. The molecule has 1 aromatic heterocycles. The molecule has 0 spiro atoms. The van der Waals surface area contributed by atoms with Crippen LogP contribution >= 0.6 is 23.2 Å². The minimum absolute atomic E-state index is 0.0273. The van der Waals surface area contributed by atoms with Gasteiger partial charge in [-0.15, -0.1) is 0 Å². The highest BCUT2D eigenvalue weighted by molar-refractivity contribution is 6.42. The first-order chi connectivity index (χ1) is 14.4. The van der Waals surface area contributed by atoms with E-state index >= 15 is 0 Å². The molecule has 1 aliphatic rings. The van der Waals surface area contributed by atoms with Crippen LogP contribution in [0.2, 0.25) is 10.0 Å². The van der Waals surface area contributed by atoms with E-state index in [9.17, 15) is 14.7 Å². The van der Waals surface area contributed by atoms with Gasteiger partial charge >= 0.3 is 0 Å². The van der Waals surface area contributed by atoms with E-state index < -0.39 is 17.1 Å². The van der Waals surface area contributed by atoms with Crippen molar-refractivity contribution in [1.29, 1.82) is 0 Å². The topological polar surface area (TPSA) is 71.8 Å². The Morgan fingerprint density at radius 2 is 1.73 bits per heavy atom. The number of hydrogen-bond donors (Lipinski definition) is 1. The lowest BCUT2D eigenvalue weighted by molar-refractivity contribution is 0.0679. The van der Waals surface area contributed by atoms with Crippen molar-refractivity contribution in [2.75, 3.05) is 6.54 Å². The van der Waals surface area contributed by atoms with E-state index in [1.54, 1.807) is 39.8 Å². The highest BCUT2D eigenvalue weighted by Gasteiger charge is 2.30. The Morgan fingerprint density at radius 3 is 2.47 bits per heavy atom. The molecule has 30 heavy (non-hydrogen) atoms. The number of para-hydroxylation sites is 1. The van der Waals surface area contributed by atoms with Gasteiger partial charge in [-0.05, 0) is 29.8 Å². The molecule has 0 saturated carbocycles. The minimum Gasteiger partial charge on any atom is -0.503 e. The maximum atomic E-state index is 13.1. The molecule has 6 nitrogen and oxygen atoms in total. The lowest BCUT2D eigenvalue weighted by Gasteiger charge is -2.32. The Kier molecular flexibility index (Phi) is 5.70. The summed E-state index contributed by atoms with van der Waals surface area (Å²) in [5, 5.41) is 11.2. The average Bonchev–Trinajstić information content (AvgIpc) is 2.74. The summed E-state index contributed by atoms with van der Waals surface area (Å²) < 4.78 is 7.39. The normalized spacial score (nSPS) is 13.3. The summed E-state index contributed by atoms with van der Waals surface area (Å²) in [6.07, 6.45) is 0. The molecule has 2 aromatic carbocycles. The Morgan fingerprint density at radius 1 is 0.967 bits per heavy atom. The zero-order valence-electron chi connectivity index (χ0n) is 15.8. The molecular weight excluding hydrogens is 427 g/mol. The number of fused-ring (bicyclic) bond motifs is 1. The number of pyridine rings is 1. The molecule has 154 valence electrons. The number of ether oxygens (including phenoxy) is 1. The van der Waals surface area contributed by atoms with Crippen molar-refractivity contribution in [2.45, 2.75) is 19.7 Å². The van der Waals surface area contributed by atoms with Crippen LogP contribution in [0.25, 0.3) is 0 Å². The predicted octanol–water partition coefficient (Wildman–Crippen LogP) is 4.10. The summed E-state index contributed by atoms with van der Waals surface area (Å²) in [5.74, 6) is -0.332. The summed E-state index contributed by atoms with van der Waals surface area (Å²) in [4.78, 5) is 26.9. The molecule has 1 amide bonds. The number of benzene rings is 2. The molecule has 0 fully saturated rings. The van der Waals surface area contributed by atoms with Gasteiger partial charge in [0.05, 0.1) is 15.7 Å². The van der Waals surface area contributed by atoms with Crippen LogP contribution in [0, 0.1) is 0 Å². The summed E-state index contributed by atoms with van der Waals surface area (Å²) in [6.45, 7) is 1.22. The van der Waals surface area contributed by atoms with Gasteiger partial charge in [-0.1, -0.05) is 47.5 Å². The van der Waals surface area contributed by atoms with E-state index in [4.69, 9.17) is 27.9 Å². The predicted molar refractivity (Wildman–Crippen MR) is 114 cm³/mol. The number of carbonyl (C=O) groups excluding carboxylic acids is 1. The maximum absolute atomic E-state index is 13.1. The van der Waals surface area contributed by atoms with Crippen LogP contribution in [0.4, 0.5) is 0 Å². The van der Waals surface area contributed by atoms with Gasteiger partial charge in [0.1, 0.15) is 12.4 Å². The van der Waals surface area contributed by atoms with Crippen LogP contribution in [0.3, 0.4) is 0 Å². The lowest BCUT2D eigenvalue weighted by atomic mass is 10.1. The van der Waals surface area contributed by atoms with E-state index in [0.29, 0.717) is 34.6 Å². The van der Waals surface area contributed by atoms with Crippen molar-refractivity contribution in [3.05, 3.63) is 91.8 Å². The van der Waals surface area contributed by atoms with E-state index in [2.05, 4.69) is 0 Å². The standard InChI is InChI=1S/C22H18Cl2N2O4/c23-17-7-6-14(10-18(17)24)12-25-8-9-26-15(13-30-16-4-2-1-3-5-16)11-19(27)21(28)20(26)22(25)29/h1-7,10-11,28H,8-9,12-13H2. The molecule has 0 aliphatic carbocycles. The monoisotopic (exact) mass is 444 g/mol. The summed E-state index contributed by atoms with van der Waals surface area (Å²) >= 11 is 12.0. The second-order valence-electron chi connectivity index (χ2n) is 6.93. The highest BCUT2D eigenvalue weighted by atomic mass is 35.5. The van der Waals surface area contributed by atoms with Crippen molar-refractivity contribution >= 4 is 29.1 Å². The second kappa shape index (κ2) is 8.42. The number of halogens is 2. The van der Waals surface area contributed by atoms with Gasteiger partial charge in [-0.25, -0.2) is 0 Å². The molecule has 0 bridgehead atoms. The molecule has 0 atom stereocenters. The van der Waals surface area contributed by atoms with Gasteiger partial charge in [0.15, 0.2) is 11.4 Å². The molecule has 8 heteroatoms. The third-order valence-corrected chi connectivity index (χ3v) is 5.68. The summed E-state index contributed by atoms with van der Waals surface area (Å²) in [7, 11) is 0. The van der Waals surface area contributed by atoms with Gasteiger partial charge in [0, 0.05) is 25.7 Å². The number of aromatic hydroxyl groups is 1. The fraction of sp³-hybridized carbons (Fsp3) is 0.182. The van der Waals surface area contributed by atoms with Gasteiger partial charge in [0.2, 0.25) is 5.43 Å². The number of amides is 1. The van der Waals surface area contributed by atoms with E-state index in [-0.39, 0.29) is 18.8 Å². The van der Waals surface area contributed by atoms with Gasteiger partial charge in [-0.2, -0.15) is 0 Å². The smallest absolute Gasteiger partial charge is 0.274 e. The Labute approximate surface area is 182 Å². The van der Waals surface area contributed by atoms with E-state index in [0.717, 1.165) is 5.56 Å². The SMILES string of the molecule is O=C1c2c(O)c(=O)cc(COc3ccccc3)n2CCN1Cc1ccc(Cl)c(Cl)c1. The van der Waals surface area contributed by atoms with Crippen molar-refractivity contribution < 1.29 is 14.6 Å². The van der Waals surface area contributed by atoms with Gasteiger partial charge < -0.3 is 19.3 Å². The molecule has 1 N–H and O–H groups in total. The molecule has 1 aliphatic heterocycles. The van der Waals surface area contributed by atoms with E-state index in [1.807, 2.05) is 18.2 Å². The van der Waals surface area contributed by atoms with Crippen molar-refractivity contribution in [2.24, 2.45) is 0 Å². The summed E-state index contributed by atoms with van der Waals surface area (Å²) in [6, 6.07) is 15.6. The minimum atomic E-state index is -0.613. The van der Waals surface area contributed by atoms with Crippen LogP contribution in [0.1, 0.15) is 21.7 Å². The second-order valence-corrected chi connectivity index (χ2v) is 7.74. The van der Waals surface area contributed by atoms with E-state index in [1.165, 1.54) is 6.07 Å². The third-order valence-electron chi connectivity index (χ3n) is 4.94. The Balaban J connectivity index is 1.61. The Bertz CT molecular complexity index is 1160. The Hall–Kier alpha value is -2.96. The fourth-order valence-electron chi connectivity index (χ4n) is 3.43. The maximum Gasteiger partial charge on any atom is 0.274 e. The van der Waals surface area contributed by atoms with Gasteiger partial charge in [-0.3, -0.25) is 9.59 Å². The molecule has 2 heterocycles. The first-order valence-electron chi connectivity index (χ1n) is 9.31. The zero-order chi connectivity index (χ0) is 21.3. The number of hydrogen-bond acceptors (Lipinski definition) is 4. The van der Waals surface area contributed by atoms with Crippen molar-refractivity contribution in [3.63, 3.8) is 0 Å². The fourth-order valence-corrected chi connectivity index (χ4v) is 3.75. The van der Waals surface area contributed by atoms with Crippen molar-refractivity contribution in [1.82, 2.24) is 9.47 Å². The van der Waals surface area contributed by atoms with Crippen LogP contribution in [-0.2, 0) is 19.7 Å². The number of aromatic nitrogens is 1. The van der Waals surface area contributed by atoms with Gasteiger partial charge in [0.25, 0.3) is 5.91 Å². The molecule has 0 unspecified atom stereocenters. The van der Waals surface area contributed by atoms with Crippen LogP contribution in [0.5, 0.6) is 11.5 Å². The first-order valence-corrected chi connectivity index (χ1v) is 10.1. The zero-order valence-corrected chi connectivity index (χ0v) is 17.4. The van der Waals surface area contributed by atoms with Crippen LogP contribution in [0.15, 0.2) is 59.4 Å². The quantitative estimate of drug-likeness (QED) is 0.642. The highest BCUT2D eigenvalue weighted by Crippen LogP contribution is 2.26. The first kappa shape index (κ1) is 20.3. The molecule has 0 radical (unpaired) electrons. The molecule has 4 rings (SSSR count). The lowest BCUT2D eigenvalue weighted by Crippen LogP contribution is -2.42. The third kappa shape index (κ3) is 4.01. The van der Waals surface area contributed by atoms with Crippen LogP contribution in [-0.4, -0.2) is 27.0 Å². The number of carbonyl (C=O) groups is 1. The molecule has 0 saturated heterocycles. The summed E-state index contributed by atoms with van der Waals surface area (Å²) in [5.41, 5.74) is 0.689. The molecular formula is C22H18Cl2N2O4. The van der Waals surface area contributed by atoms with Crippen molar-refractivity contribution in [3.8, 4) is 11.5 Å². The van der Waals surface area contributed by atoms with Crippen LogP contribution < -0.4 is 10.2 Å². The molecule has 3 aromatic rings. The number of rotatable bonds is 5. The number of nitrogens with zero attached hydrogens (tertiary/aromatic N) is 2. The largest absolute Gasteiger partial charge is 0.503 e.